The Balaban J connectivity index is 1.71. The van der Waals surface area contributed by atoms with Crippen molar-refractivity contribution in [2.24, 2.45) is 0 Å². The van der Waals surface area contributed by atoms with E-state index in [9.17, 15) is 4.79 Å². The third-order valence-electron chi connectivity index (χ3n) is 5.48. The fourth-order valence-electron chi connectivity index (χ4n) is 3.75. The van der Waals surface area contributed by atoms with Crippen LogP contribution >= 0.6 is 0 Å². The average molecular weight is 367 g/mol. The second-order valence-corrected chi connectivity index (χ2v) is 7.22. The van der Waals surface area contributed by atoms with E-state index >= 15 is 0 Å². The number of aryl methyl sites for hydroxylation is 1. The Bertz CT molecular complexity index is 783. The molecule has 0 unspecified atom stereocenters. The fourth-order valence-corrected chi connectivity index (χ4v) is 3.75. The highest BCUT2D eigenvalue weighted by atomic mass is 16.5. The first kappa shape index (κ1) is 19.2. The van der Waals surface area contributed by atoms with Crippen LogP contribution < -0.4 is 15.4 Å². The summed E-state index contributed by atoms with van der Waals surface area (Å²) in [6.07, 6.45) is 1.52. The number of benzene rings is 2. The van der Waals surface area contributed by atoms with E-state index in [2.05, 4.69) is 46.7 Å². The van der Waals surface area contributed by atoms with Gasteiger partial charge in [-0.05, 0) is 43.0 Å². The summed E-state index contributed by atoms with van der Waals surface area (Å²) in [6, 6.07) is 16.3. The van der Waals surface area contributed by atoms with Gasteiger partial charge < -0.3 is 15.4 Å². The Morgan fingerprint density at radius 2 is 1.89 bits per heavy atom. The van der Waals surface area contributed by atoms with Gasteiger partial charge in [0.25, 0.3) is 0 Å². The maximum atomic E-state index is 12.7. The standard InChI is InChI=1S/C22H29N3O2/c1-17-7-4-5-8-18(17)16-25-13-11-22(12-14-25,21(26)23-2)24-19-9-6-10-20(15-19)27-3/h4-10,15,24H,11-14,16H2,1-3H3,(H,23,26). The van der Waals surface area contributed by atoms with Gasteiger partial charge in [0.15, 0.2) is 0 Å². The van der Waals surface area contributed by atoms with Crippen LogP contribution in [0.15, 0.2) is 48.5 Å². The van der Waals surface area contributed by atoms with Crippen molar-refractivity contribution in [2.45, 2.75) is 31.8 Å². The minimum Gasteiger partial charge on any atom is -0.497 e. The summed E-state index contributed by atoms with van der Waals surface area (Å²) < 4.78 is 5.31. The van der Waals surface area contributed by atoms with Gasteiger partial charge in [0.2, 0.25) is 5.91 Å². The quantitative estimate of drug-likeness (QED) is 0.823. The lowest BCUT2D eigenvalue weighted by Crippen LogP contribution is -2.57. The van der Waals surface area contributed by atoms with Gasteiger partial charge in [-0.1, -0.05) is 30.3 Å². The van der Waals surface area contributed by atoms with E-state index in [1.165, 1.54) is 11.1 Å². The molecule has 5 nitrogen and oxygen atoms in total. The number of hydrogen-bond acceptors (Lipinski definition) is 4. The van der Waals surface area contributed by atoms with Crippen molar-refractivity contribution in [3.8, 4) is 5.75 Å². The van der Waals surface area contributed by atoms with Crippen LogP contribution in [-0.2, 0) is 11.3 Å². The second kappa shape index (κ2) is 8.44. The first-order valence-corrected chi connectivity index (χ1v) is 9.47. The number of likely N-dealkylation sites (N-methyl/N-ethyl adjacent to an activating group) is 1. The van der Waals surface area contributed by atoms with Gasteiger partial charge >= 0.3 is 0 Å². The van der Waals surface area contributed by atoms with Crippen molar-refractivity contribution in [3.63, 3.8) is 0 Å². The molecule has 1 aliphatic heterocycles. The summed E-state index contributed by atoms with van der Waals surface area (Å²) in [7, 11) is 3.36. The van der Waals surface area contributed by atoms with Gasteiger partial charge in [-0.15, -0.1) is 0 Å². The number of likely N-dealkylation sites (tertiary alicyclic amines) is 1. The molecule has 0 radical (unpaired) electrons. The zero-order valence-corrected chi connectivity index (χ0v) is 16.4. The molecule has 2 aromatic carbocycles. The summed E-state index contributed by atoms with van der Waals surface area (Å²) in [4.78, 5) is 15.2. The highest BCUT2D eigenvalue weighted by Crippen LogP contribution is 2.30. The van der Waals surface area contributed by atoms with Crippen LogP contribution in [0.1, 0.15) is 24.0 Å². The first-order valence-electron chi connectivity index (χ1n) is 9.47. The molecule has 1 heterocycles. The smallest absolute Gasteiger partial charge is 0.245 e. The van der Waals surface area contributed by atoms with Crippen LogP contribution in [-0.4, -0.2) is 43.6 Å². The molecule has 0 spiro atoms. The second-order valence-electron chi connectivity index (χ2n) is 7.22. The summed E-state index contributed by atoms with van der Waals surface area (Å²) in [5.74, 6) is 0.824. The van der Waals surface area contributed by atoms with E-state index in [4.69, 9.17) is 4.74 Å². The summed E-state index contributed by atoms with van der Waals surface area (Å²) in [5.41, 5.74) is 2.98. The van der Waals surface area contributed by atoms with Gasteiger partial charge in [-0.25, -0.2) is 0 Å². The number of amides is 1. The van der Waals surface area contributed by atoms with Gasteiger partial charge in [-0.2, -0.15) is 0 Å². The first-order chi connectivity index (χ1) is 13.1. The predicted octanol–water partition coefficient (Wildman–Crippen LogP) is 3.20. The van der Waals surface area contributed by atoms with E-state index in [0.29, 0.717) is 0 Å². The number of ether oxygens (including phenoxy) is 1. The van der Waals surface area contributed by atoms with Crippen molar-refractivity contribution in [3.05, 3.63) is 59.7 Å². The Labute approximate surface area is 161 Å². The van der Waals surface area contributed by atoms with Crippen LogP contribution in [0.5, 0.6) is 5.75 Å². The zero-order valence-electron chi connectivity index (χ0n) is 16.4. The lowest BCUT2D eigenvalue weighted by molar-refractivity contribution is -0.126. The summed E-state index contributed by atoms with van der Waals surface area (Å²) in [5, 5.41) is 6.34. The Morgan fingerprint density at radius 3 is 2.56 bits per heavy atom. The minimum atomic E-state index is -0.594. The molecule has 0 saturated carbocycles. The molecule has 1 amide bonds. The van der Waals surface area contributed by atoms with Crippen molar-refractivity contribution in [2.75, 3.05) is 32.6 Å². The molecule has 27 heavy (non-hydrogen) atoms. The molecule has 2 aromatic rings. The molecule has 1 aliphatic rings. The number of carbonyl (C=O) groups is 1. The van der Waals surface area contributed by atoms with E-state index in [0.717, 1.165) is 43.9 Å². The average Bonchev–Trinajstić information content (AvgIpc) is 2.70. The molecular formula is C22H29N3O2. The lowest BCUT2D eigenvalue weighted by Gasteiger charge is -2.41. The molecule has 1 fully saturated rings. The third-order valence-corrected chi connectivity index (χ3v) is 5.48. The SMILES string of the molecule is CNC(=O)C1(Nc2cccc(OC)c2)CCN(Cc2ccccc2C)CC1. The largest absolute Gasteiger partial charge is 0.497 e. The maximum absolute atomic E-state index is 12.7. The Kier molecular flexibility index (Phi) is 6.01. The topological polar surface area (TPSA) is 53.6 Å². The van der Waals surface area contributed by atoms with Crippen molar-refractivity contribution in [1.29, 1.82) is 0 Å². The van der Waals surface area contributed by atoms with Gasteiger partial charge in [0.05, 0.1) is 7.11 Å². The fraction of sp³-hybridized carbons (Fsp3) is 0.409. The van der Waals surface area contributed by atoms with Crippen LogP contribution in [0.4, 0.5) is 5.69 Å². The highest BCUT2D eigenvalue weighted by Gasteiger charge is 2.40. The monoisotopic (exact) mass is 367 g/mol. The molecule has 0 aliphatic carbocycles. The lowest BCUT2D eigenvalue weighted by atomic mass is 9.85. The number of hydrogen-bond donors (Lipinski definition) is 2. The highest BCUT2D eigenvalue weighted by molar-refractivity contribution is 5.89. The Morgan fingerprint density at radius 1 is 1.15 bits per heavy atom. The number of methoxy groups -OCH3 is 1. The number of piperidine rings is 1. The van der Waals surface area contributed by atoms with E-state index in [1.807, 2.05) is 24.3 Å². The number of rotatable bonds is 6. The zero-order chi connectivity index (χ0) is 19.3. The van der Waals surface area contributed by atoms with Crippen LogP contribution in [0.2, 0.25) is 0 Å². The summed E-state index contributed by atoms with van der Waals surface area (Å²) >= 11 is 0. The van der Waals surface area contributed by atoms with Gasteiger partial charge in [0.1, 0.15) is 11.3 Å². The molecular weight excluding hydrogens is 338 g/mol. The predicted molar refractivity (Wildman–Crippen MR) is 109 cm³/mol. The van der Waals surface area contributed by atoms with E-state index in [-0.39, 0.29) is 5.91 Å². The number of nitrogens with zero attached hydrogens (tertiary/aromatic N) is 1. The summed E-state index contributed by atoms with van der Waals surface area (Å²) in [6.45, 7) is 4.82. The van der Waals surface area contributed by atoms with Crippen molar-refractivity contribution >= 4 is 11.6 Å². The maximum Gasteiger partial charge on any atom is 0.245 e. The van der Waals surface area contributed by atoms with Crippen LogP contribution in [0.25, 0.3) is 0 Å². The van der Waals surface area contributed by atoms with Crippen LogP contribution in [0, 0.1) is 6.92 Å². The van der Waals surface area contributed by atoms with Crippen molar-refractivity contribution < 1.29 is 9.53 Å². The molecule has 144 valence electrons. The molecule has 2 N–H and O–H groups in total. The number of anilines is 1. The number of carbonyl (C=O) groups excluding carboxylic acids is 1. The van der Waals surface area contributed by atoms with Crippen LogP contribution in [0.3, 0.4) is 0 Å². The molecule has 0 bridgehead atoms. The molecule has 3 rings (SSSR count). The van der Waals surface area contributed by atoms with E-state index < -0.39 is 5.54 Å². The van der Waals surface area contributed by atoms with Gasteiger partial charge in [0, 0.05) is 38.4 Å². The molecule has 0 aromatic heterocycles. The normalized spacial score (nSPS) is 16.6. The van der Waals surface area contributed by atoms with Crippen molar-refractivity contribution in [1.82, 2.24) is 10.2 Å². The van der Waals surface area contributed by atoms with Gasteiger partial charge in [-0.3, -0.25) is 9.69 Å². The van der Waals surface area contributed by atoms with E-state index in [1.54, 1.807) is 14.2 Å². The number of nitrogens with one attached hydrogen (secondary N) is 2. The molecule has 1 saturated heterocycles. The minimum absolute atomic E-state index is 0.0425. The Hall–Kier alpha value is -2.53. The molecule has 0 atom stereocenters. The molecule has 5 heteroatoms. The third kappa shape index (κ3) is 4.42.